The number of amides is 2. The highest BCUT2D eigenvalue weighted by Gasteiger charge is 2.33. The van der Waals surface area contributed by atoms with Crippen molar-refractivity contribution in [3.63, 3.8) is 0 Å². The number of hydrogen-bond acceptors (Lipinski definition) is 4. The van der Waals surface area contributed by atoms with Gasteiger partial charge in [0.15, 0.2) is 0 Å². The summed E-state index contributed by atoms with van der Waals surface area (Å²) in [4.78, 5) is 28.5. The van der Waals surface area contributed by atoms with Crippen molar-refractivity contribution in [1.29, 1.82) is 0 Å². The summed E-state index contributed by atoms with van der Waals surface area (Å²) in [5, 5.41) is 2.85. The van der Waals surface area contributed by atoms with Crippen LogP contribution in [0.25, 0.3) is 0 Å². The molecule has 3 aromatic rings. The molecule has 1 atom stereocenters. The van der Waals surface area contributed by atoms with Crippen LogP contribution >= 0.6 is 0 Å². The van der Waals surface area contributed by atoms with Gasteiger partial charge in [0.2, 0.25) is 21.8 Å². The number of nitrogens with zero attached hydrogens (tertiary/aromatic N) is 2. The Bertz CT molecular complexity index is 1330. The number of carbonyl (C=O) groups excluding carboxylic acids is 2. The van der Waals surface area contributed by atoms with Gasteiger partial charge in [0.25, 0.3) is 0 Å². The van der Waals surface area contributed by atoms with Gasteiger partial charge in [-0.2, -0.15) is 0 Å². The molecule has 0 heterocycles. The minimum absolute atomic E-state index is 0.0663. The van der Waals surface area contributed by atoms with E-state index in [9.17, 15) is 26.8 Å². The lowest BCUT2D eigenvalue weighted by Crippen LogP contribution is -2.54. The second-order valence-electron chi connectivity index (χ2n) is 9.26. The topological polar surface area (TPSA) is 86.8 Å². The summed E-state index contributed by atoms with van der Waals surface area (Å²) in [5.74, 6) is -2.07. The van der Waals surface area contributed by atoms with E-state index in [2.05, 4.69) is 5.32 Å². The smallest absolute Gasteiger partial charge is 0.244 e. The fourth-order valence-electron chi connectivity index (χ4n) is 3.94. The van der Waals surface area contributed by atoms with Crippen LogP contribution in [0.5, 0.6) is 0 Å². The maximum Gasteiger partial charge on any atom is 0.244 e. The van der Waals surface area contributed by atoms with Crippen LogP contribution in [0.2, 0.25) is 0 Å². The molecule has 0 aromatic heterocycles. The molecule has 0 aliphatic carbocycles. The molecule has 0 saturated heterocycles. The average Bonchev–Trinajstić information content (AvgIpc) is 2.86. The Kier molecular flexibility index (Phi) is 9.57. The first kappa shape index (κ1) is 28.8. The molecule has 0 saturated carbocycles. The summed E-state index contributed by atoms with van der Waals surface area (Å²) in [6.07, 6.45) is 1.11. The van der Waals surface area contributed by atoms with E-state index in [-0.39, 0.29) is 24.7 Å². The lowest BCUT2D eigenvalue weighted by molar-refractivity contribution is -0.140. The number of sulfonamides is 1. The molecule has 2 amide bonds. The SMILES string of the molecule is CC(C)NC(=O)C(Cc1ccccc1)N(Cc1ccc(F)cc1)C(=O)CN(c1ccc(F)cc1)S(C)(=O)=O. The summed E-state index contributed by atoms with van der Waals surface area (Å²) >= 11 is 0. The number of hydrogen-bond donors (Lipinski definition) is 1. The first-order valence-electron chi connectivity index (χ1n) is 12.1. The predicted octanol–water partition coefficient (Wildman–Crippen LogP) is 3.90. The Labute approximate surface area is 222 Å². The Morgan fingerprint density at radius 2 is 1.39 bits per heavy atom. The highest BCUT2D eigenvalue weighted by atomic mass is 32.2. The van der Waals surface area contributed by atoms with Crippen molar-refractivity contribution in [3.05, 3.63) is 102 Å². The molecule has 38 heavy (non-hydrogen) atoms. The van der Waals surface area contributed by atoms with Gasteiger partial charge >= 0.3 is 0 Å². The molecule has 3 rings (SSSR count). The lowest BCUT2D eigenvalue weighted by Gasteiger charge is -2.34. The third kappa shape index (κ3) is 8.11. The highest BCUT2D eigenvalue weighted by molar-refractivity contribution is 7.92. The van der Waals surface area contributed by atoms with Crippen molar-refractivity contribution < 1.29 is 26.8 Å². The van der Waals surface area contributed by atoms with Crippen molar-refractivity contribution in [2.45, 2.75) is 38.9 Å². The predicted molar refractivity (Wildman–Crippen MR) is 143 cm³/mol. The van der Waals surface area contributed by atoms with Gasteiger partial charge in [0.1, 0.15) is 24.2 Å². The van der Waals surface area contributed by atoms with Crippen molar-refractivity contribution in [2.24, 2.45) is 0 Å². The van der Waals surface area contributed by atoms with E-state index in [1.54, 1.807) is 13.8 Å². The van der Waals surface area contributed by atoms with E-state index in [4.69, 9.17) is 0 Å². The summed E-state index contributed by atoms with van der Waals surface area (Å²) in [6.45, 7) is 2.90. The van der Waals surface area contributed by atoms with E-state index in [0.717, 1.165) is 28.3 Å². The number of halogens is 2. The monoisotopic (exact) mass is 543 g/mol. The molecule has 0 aliphatic rings. The van der Waals surface area contributed by atoms with Crippen LogP contribution in [0.3, 0.4) is 0 Å². The number of rotatable bonds is 11. The summed E-state index contributed by atoms with van der Waals surface area (Å²) in [6, 6.07) is 18.2. The summed E-state index contributed by atoms with van der Waals surface area (Å²) in [7, 11) is -3.95. The van der Waals surface area contributed by atoms with Gasteiger partial charge < -0.3 is 10.2 Å². The van der Waals surface area contributed by atoms with Crippen molar-refractivity contribution in [2.75, 3.05) is 17.1 Å². The van der Waals surface area contributed by atoms with E-state index < -0.39 is 46.1 Å². The molecule has 0 aliphatic heterocycles. The van der Waals surface area contributed by atoms with Crippen molar-refractivity contribution in [1.82, 2.24) is 10.2 Å². The number of carbonyl (C=O) groups is 2. The lowest BCUT2D eigenvalue weighted by atomic mass is 10.0. The van der Waals surface area contributed by atoms with Gasteiger partial charge in [-0.15, -0.1) is 0 Å². The third-order valence-electron chi connectivity index (χ3n) is 5.76. The van der Waals surface area contributed by atoms with E-state index in [1.165, 1.54) is 41.3 Å². The van der Waals surface area contributed by atoms with E-state index in [1.807, 2.05) is 30.3 Å². The van der Waals surface area contributed by atoms with Crippen LogP contribution in [0.4, 0.5) is 14.5 Å². The maximum atomic E-state index is 13.8. The molecule has 0 spiro atoms. The zero-order valence-electron chi connectivity index (χ0n) is 21.5. The Morgan fingerprint density at radius 1 is 0.842 bits per heavy atom. The Hall–Kier alpha value is -3.79. The fraction of sp³-hybridized carbons (Fsp3) is 0.286. The van der Waals surface area contributed by atoms with Gasteiger partial charge in [-0.25, -0.2) is 17.2 Å². The second kappa shape index (κ2) is 12.6. The number of nitrogens with one attached hydrogen (secondary N) is 1. The molecule has 0 fully saturated rings. The largest absolute Gasteiger partial charge is 0.352 e. The van der Waals surface area contributed by atoms with Gasteiger partial charge in [0.05, 0.1) is 11.9 Å². The summed E-state index contributed by atoms with van der Waals surface area (Å²) < 4.78 is 53.2. The van der Waals surface area contributed by atoms with Crippen LogP contribution in [0.1, 0.15) is 25.0 Å². The molecule has 3 aromatic carbocycles. The molecule has 202 valence electrons. The quantitative estimate of drug-likeness (QED) is 0.398. The Balaban J connectivity index is 2.04. The minimum Gasteiger partial charge on any atom is -0.352 e. The first-order chi connectivity index (χ1) is 17.9. The normalized spacial score (nSPS) is 12.2. The van der Waals surface area contributed by atoms with Crippen LogP contribution in [-0.4, -0.2) is 50.0 Å². The zero-order chi connectivity index (χ0) is 27.9. The molecule has 7 nitrogen and oxygen atoms in total. The van der Waals surface area contributed by atoms with Gasteiger partial charge in [0, 0.05) is 19.0 Å². The standard InChI is InChI=1S/C28H31F2N3O4S/c1-20(2)31-28(35)26(17-21-7-5-4-6-8-21)32(18-22-9-11-23(29)12-10-22)27(34)19-33(38(3,36)37)25-15-13-24(30)14-16-25/h4-16,20,26H,17-19H2,1-3H3,(H,31,35). The zero-order valence-corrected chi connectivity index (χ0v) is 22.3. The highest BCUT2D eigenvalue weighted by Crippen LogP contribution is 2.21. The molecule has 1 unspecified atom stereocenters. The minimum atomic E-state index is -3.95. The molecular formula is C28H31F2N3O4S. The first-order valence-corrected chi connectivity index (χ1v) is 13.9. The van der Waals surface area contributed by atoms with Crippen LogP contribution < -0.4 is 9.62 Å². The number of benzene rings is 3. The molecule has 0 bridgehead atoms. The van der Waals surface area contributed by atoms with Crippen molar-refractivity contribution in [3.8, 4) is 0 Å². The Morgan fingerprint density at radius 3 is 1.92 bits per heavy atom. The number of anilines is 1. The fourth-order valence-corrected chi connectivity index (χ4v) is 4.79. The van der Waals surface area contributed by atoms with Crippen LogP contribution in [-0.2, 0) is 32.6 Å². The van der Waals surface area contributed by atoms with E-state index >= 15 is 0 Å². The van der Waals surface area contributed by atoms with Crippen molar-refractivity contribution >= 4 is 27.5 Å². The molecular weight excluding hydrogens is 512 g/mol. The van der Waals surface area contributed by atoms with Crippen LogP contribution in [0.15, 0.2) is 78.9 Å². The van der Waals surface area contributed by atoms with Crippen LogP contribution in [0, 0.1) is 11.6 Å². The van der Waals surface area contributed by atoms with E-state index in [0.29, 0.717) is 5.56 Å². The second-order valence-corrected chi connectivity index (χ2v) is 11.2. The maximum absolute atomic E-state index is 13.8. The van der Waals surface area contributed by atoms with Gasteiger partial charge in [-0.05, 0) is 61.4 Å². The average molecular weight is 544 g/mol. The molecule has 10 heteroatoms. The summed E-state index contributed by atoms with van der Waals surface area (Å²) in [5.41, 5.74) is 1.46. The molecule has 0 radical (unpaired) electrons. The third-order valence-corrected chi connectivity index (χ3v) is 6.90. The molecule has 1 N–H and O–H groups in total. The van der Waals surface area contributed by atoms with Gasteiger partial charge in [-0.3, -0.25) is 13.9 Å². The van der Waals surface area contributed by atoms with Gasteiger partial charge in [-0.1, -0.05) is 42.5 Å².